The first-order valence-electron chi connectivity index (χ1n) is 7.04. The van der Waals surface area contributed by atoms with Gasteiger partial charge in [0.05, 0.1) is 0 Å². The summed E-state index contributed by atoms with van der Waals surface area (Å²) in [4.78, 5) is 11.9. The van der Waals surface area contributed by atoms with Gasteiger partial charge in [0.25, 0.3) is 0 Å². The highest BCUT2D eigenvalue weighted by atomic mass is 16.5. The molecule has 1 aromatic rings. The van der Waals surface area contributed by atoms with Crippen LogP contribution in [0.1, 0.15) is 12.0 Å². The second-order valence-corrected chi connectivity index (χ2v) is 5.53. The normalized spacial score (nSPS) is 30.4. The van der Waals surface area contributed by atoms with E-state index in [9.17, 15) is 9.90 Å². The molecule has 0 saturated heterocycles. The molecule has 4 heteroatoms. The van der Waals surface area contributed by atoms with Crippen LogP contribution in [0, 0.1) is 17.8 Å². The van der Waals surface area contributed by atoms with E-state index in [1.54, 1.807) is 0 Å². The molecule has 0 aromatic heterocycles. The zero-order chi connectivity index (χ0) is 13.9. The Bertz CT molecular complexity index is 500. The van der Waals surface area contributed by atoms with Crippen LogP contribution in [0.2, 0.25) is 0 Å². The molecule has 1 saturated carbocycles. The Morgan fingerprint density at radius 1 is 1.25 bits per heavy atom. The maximum atomic E-state index is 11.9. The zero-order valence-corrected chi connectivity index (χ0v) is 11.2. The van der Waals surface area contributed by atoms with Gasteiger partial charge in [0.1, 0.15) is 6.61 Å². The van der Waals surface area contributed by atoms with Crippen molar-refractivity contribution in [3.63, 3.8) is 0 Å². The number of aliphatic hydroxyl groups excluding tert-OH is 1. The van der Waals surface area contributed by atoms with Crippen molar-refractivity contribution in [3.05, 3.63) is 48.0 Å². The Kier molecular flexibility index (Phi) is 3.74. The number of aliphatic hydroxyl groups is 1. The third-order valence-corrected chi connectivity index (χ3v) is 4.33. The van der Waals surface area contributed by atoms with Crippen molar-refractivity contribution in [2.75, 3.05) is 6.61 Å². The van der Waals surface area contributed by atoms with E-state index >= 15 is 0 Å². The maximum absolute atomic E-state index is 11.9. The van der Waals surface area contributed by atoms with Crippen molar-refractivity contribution in [2.45, 2.75) is 19.1 Å². The summed E-state index contributed by atoms with van der Waals surface area (Å²) in [6.07, 6.45) is 4.91. The van der Waals surface area contributed by atoms with Gasteiger partial charge in [-0.05, 0) is 23.8 Å². The first kappa shape index (κ1) is 13.2. The molecule has 2 N–H and O–H groups in total. The fraction of sp³-hybridized carbons (Fsp3) is 0.438. The SMILES string of the molecule is O=C(N[C@@H]1[C@@H](CO)[C@H]2C=C[C@H]1C2)OCc1ccccc1. The summed E-state index contributed by atoms with van der Waals surface area (Å²) in [5.41, 5.74) is 0.967. The minimum Gasteiger partial charge on any atom is -0.445 e. The fourth-order valence-corrected chi connectivity index (χ4v) is 3.29. The number of hydrogen-bond acceptors (Lipinski definition) is 3. The van der Waals surface area contributed by atoms with E-state index in [1.807, 2.05) is 30.3 Å². The summed E-state index contributed by atoms with van der Waals surface area (Å²) in [5, 5.41) is 12.4. The number of rotatable bonds is 4. The van der Waals surface area contributed by atoms with E-state index in [1.165, 1.54) is 0 Å². The highest BCUT2D eigenvalue weighted by Gasteiger charge is 2.44. The molecule has 0 heterocycles. The van der Waals surface area contributed by atoms with Gasteiger partial charge in [0.15, 0.2) is 0 Å². The second kappa shape index (κ2) is 5.67. The molecule has 106 valence electrons. The first-order chi connectivity index (χ1) is 9.78. The van der Waals surface area contributed by atoms with Gasteiger partial charge in [-0.25, -0.2) is 4.79 Å². The lowest BCUT2D eigenvalue weighted by Gasteiger charge is -2.26. The molecule has 1 aromatic carbocycles. The Hall–Kier alpha value is -1.81. The number of ether oxygens (including phenoxy) is 1. The predicted molar refractivity (Wildman–Crippen MR) is 74.9 cm³/mol. The van der Waals surface area contributed by atoms with Crippen LogP contribution < -0.4 is 5.32 Å². The van der Waals surface area contributed by atoms with E-state index < -0.39 is 6.09 Å². The second-order valence-electron chi connectivity index (χ2n) is 5.53. The number of hydrogen-bond donors (Lipinski definition) is 2. The van der Waals surface area contributed by atoms with Gasteiger partial charge in [-0.2, -0.15) is 0 Å². The van der Waals surface area contributed by atoms with Crippen molar-refractivity contribution < 1.29 is 14.6 Å². The molecule has 2 aliphatic carbocycles. The number of amides is 1. The lowest BCUT2D eigenvalue weighted by molar-refractivity contribution is 0.122. The van der Waals surface area contributed by atoms with Gasteiger partial charge in [-0.3, -0.25) is 0 Å². The summed E-state index contributed by atoms with van der Waals surface area (Å²) in [6, 6.07) is 9.60. The number of fused-ring (bicyclic) bond motifs is 2. The summed E-state index contributed by atoms with van der Waals surface area (Å²) in [6.45, 7) is 0.377. The number of carbonyl (C=O) groups excluding carboxylic acids is 1. The molecule has 20 heavy (non-hydrogen) atoms. The van der Waals surface area contributed by atoms with Crippen LogP contribution in [0.3, 0.4) is 0 Å². The molecular weight excluding hydrogens is 254 g/mol. The van der Waals surface area contributed by atoms with Crippen molar-refractivity contribution in [2.24, 2.45) is 17.8 Å². The molecule has 1 fully saturated rings. The zero-order valence-electron chi connectivity index (χ0n) is 11.2. The monoisotopic (exact) mass is 273 g/mol. The summed E-state index contributed by atoms with van der Waals surface area (Å²) >= 11 is 0. The number of carbonyl (C=O) groups is 1. The molecule has 1 amide bonds. The minimum absolute atomic E-state index is 0.00160. The van der Waals surface area contributed by atoms with Gasteiger partial charge in [-0.1, -0.05) is 42.5 Å². The first-order valence-corrected chi connectivity index (χ1v) is 7.04. The molecule has 0 radical (unpaired) electrons. The van der Waals surface area contributed by atoms with Gasteiger partial charge >= 0.3 is 6.09 Å². The van der Waals surface area contributed by atoms with E-state index in [4.69, 9.17) is 4.74 Å². The predicted octanol–water partition coefficient (Wildman–Crippen LogP) is 2.10. The van der Waals surface area contributed by atoms with Crippen LogP contribution in [-0.4, -0.2) is 23.8 Å². The third-order valence-electron chi connectivity index (χ3n) is 4.33. The Morgan fingerprint density at radius 3 is 2.75 bits per heavy atom. The Balaban J connectivity index is 1.53. The Labute approximate surface area is 118 Å². The number of benzene rings is 1. The van der Waals surface area contributed by atoms with Gasteiger partial charge in [-0.15, -0.1) is 0 Å². The lowest BCUT2D eigenvalue weighted by atomic mass is 9.90. The van der Waals surface area contributed by atoms with Crippen LogP contribution in [0.25, 0.3) is 0 Å². The average Bonchev–Trinajstić information content (AvgIpc) is 3.07. The minimum atomic E-state index is -0.404. The summed E-state index contributed by atoms with van der Waals surface area (Å²) in [7, 11) is 0. The van der Waals surface area contributed by atoms with Crippen molar-refractivity contribution in [1.29, 1.82) is 0 Å². The van der Waals surface area contributed by atoms with Crippen LogP contribution >= 0.6 is 0 Å². The molecular formula is C16H19NO3. The highest BCUT2D eigenvalue weighted by Crippen LogP contribution is 2.43. The molecule has 0 aliphatic heterocycles. The number of nitrogens with one attached hydrogen (secondary N) is 1. The molecule has 2 bridgehead atoms. The van der Waals surface area contributed by atoms with Crippen molar-refractivity contribution in [3.8, 4) is 0 Å². The Morgan fingerprint density at radius 2 is 2.00 bits per heavy atom. The summed E-state index contributed by atoms with van der Waals surface area (Å²) < 4.78 is 5.23. The molecule has 2 aliphatic rings. The molecule has 0 unspecified atom stereocenters. The lowest BCUT2D eigenvalue weighted by Crippen LogP contribution is -2.44. The molecule has 3 rings (SSSR count). The number of alkyl carbamates (subject to hydrolysis) is 1. The van der Waals surface area contributed by atoms with Crippen LogP contribution in [0.5, 0.6) is 0 Å². The van der Waals surface area contributed by atoms with Crippen molar-refractivity contribution in [1.82, 2.24) is 5.32 Å². The van der Waals surface area contributed by atoms with Crippen LogP contribution in [0.4, 0.5) is 4.79 Å². The van der Waals surface area contributed by atoms with E-state index in [0.717, 1.165) is 12.0 Å². The van der Waals surface area contributed by atoms with E-state index in [-0.39, 0.29) is 25.2 Å². The third kappa shape index (κ3) is 2.56. The topological polar surface area (TPSA) is 58.6 Å². The summed E-state index contributed by atoms with van der Waals surface area (Å²) in [5.74, 6) is 0.847. The number of allylic oxidation sites excluding steroid dienone is 1. The van der Waals surface area contributed by atoms with Crippen molar-refractivity contribution >= 4 is 6.09 Å². The van der Waals surface area contributed by atoms with Gasteiger partial charge in [0.2, 0.25) is 0 Å². The average molecular weight is 273 g/mol. The standard InChI is InChI=1S/C16H19NO3/c18-9-14-12-6-7-13(8-12)15(14)17-16(19)20-10-11-4-2-1-3-5-11/h1-7,12-15,18H,8-10H2,(H,17,19)/t12-,13-,14-,15-/m0/s1. The fourth-order valence-electron chi connectivity index (χ4n) is 3.29. The highest BCUT2D eigenvalue weighted by molar-refractivity contribution is 5.68. The quantitative estimate of drug-likeness (QED) is 0.826. The van der Waals surface area contributed by atoms with E-state index in [2.05, 4.69) is 17.5 Å². The van der Waals surface area contributed by atoms with E-state index in [0.29, 0.717) is 11.8 Å². The van der Waals surface area contributed by atoms with Gasteiger partial charge in [0, 0.05) is 18.6 Å². The van der Waals surface area contributed by atoms with Crippen LogP contribution in [0.15, 0.2) is 42.5 Å². The largest absolute Gasteiger partial charge is 0.445 e. The van der Waals surface area contributed by atoms with Crippen LogP contribution in [-0.2, 0) is 11.3 Å². The maximum Gasteiger partial charge on any atom is 0.407 e. The van der Waals surface area contributed by atoms with Gasteiger partial charge < -0.3 is 15.2 Å². The molecule has 4 atom stereocenters. The molecule has 4 nitrogen and oxygen atoms in total. The molecule has 0 spiro atoms. The smallest absolute Gasteiger partial charge is 0.407 e.